The summed E-state index contributed by atoms with van der Waals surface area (Å²) in [4.78, 5) is 23.7. The molecule has 0 fully saturated rings. The van der Waals surface area contributed by atoms with Crippen molar-refractivity contribution < 1.29 is 32.1 Å². The Kier molecular flexibility index (Phi) is 11.1. The van der Waals surface area contributed by atoms with E-state index in [9.17, 15) is 19.8 Å². The number of carboxylic acids is 2. The van der Waals surface area contributed by atoms with Crippen molar-refractivity contribution in [2.45, 2.75) is 26.2 Å². The predicted octanol–water partition coefficient (Wildman–Crippen LogP) is 5.17. The van der Waals surface area contributed by atoms with Crippen LogP contribution in [0.25, 0.3) is 0 Å². The number of hydrogen-bond donors (Lipinski definition) is 2. The van der Waals surface area contributed by atoms with E-state index in [2.05, 4.69) is 74.7 Å². The van der Waals surface area contributed by atoms with Gasteiger partial charge in [0.05, 0.1) is 11.1 Å². The average Bonchev–Trinajstić information content (AvgIpc) is 3.19. The first kappa shape index (κ1) is 37.8. The number of hydrogen-bond acceptors (Lipinski definition) is 5. The zero-order chi connectivity index (χ0) is 37.7. The van der Waals surface area contributed by atoms with Gasteiger partial charge in [-0.25, -0.2) is 9.59 Å². The van der Waals surface area contributed by atoms with Gasteiger partial charge < -0.3 is 22.6 Å². The van der Waals surface area contributed by atoms with E-state index < -0.39 is 45.7 Å². The number of aromatic carboxylic acids is 2. The normalized spacial score (nSPS) is 15.9. The van der Waals surface area contributed by atoms with E-state index in [1.165, 1.54) is 0 Å². The Morgan fingerprint density at radius 2 is 0.604 bits per heavy atom. The zero-order valence-corrected chi connectivity index (χ0v) is 34.1. The van der Waals surface area contributed by atoms with Crippen molar-refractivity contribution in [3.05, 3.63) is 181 Å². The minimum Gasteiger partial charge on any atom is -0.478 e. The molecule has 0 radical (unpaired) electrons. The molecule has 6 rings (SSSR count). The van der Waals surface area contributed by atoms with E-state index in [-0.39, 0.29) is 11.1 Å². The highest BCUT2D eigenvalue weighted by atomic mass is 28.5. The summed E-state index contributed by atoms with van der Waals surface area (Å²) in [5.74, 6) is -1.98. The van der Waals surface area contributed by atoms with E-state index in [0.717, 1.165) is 31.1 Å². The van der Waals surface area contributed by atoms with Gasteiger partial charge in [0.1, 0.15) is 0 Å². The lowest BCUT2D eigenvalue weighted by Gasteiger charge is -2.45. The molecule has 0 spiro atoms. The molecule has 0 saturated heterocycles. The SMILES string of the molecule is C[Si](O[Si](C)(O[Si](C)(c1ccccc1)c1ccc(C(=O)O)cc1)c1ccccc1)(O[Si](C)(c1ccccc1)c1ccc(C(=O)O)cc1)c1ccccc1. The zero-order valence-electron chi connectivity index (χ0n) is 30.1. The van der Waals surface area contributed by atoms with E-state index in [1.54, 1.807) is 24.3 Å². The first-order valence-electron chi connectivity index (χ1n) is 17.4. The third-order valence-corrected chi connectivity index (χ3v) is 27.8. The van der Waals surface area contributed by atoms with E-state index in [4.69, 9.17) is 12.3 Å². The fourth-order valence-electron chi connectivity index (χ4n) is 6.85. The first-order valence-corrected chi connectivity index (χ1v) is 26.8. The average molecular weight is 771 g/mol. The van der Waals surface area contributed by atoms with Gasteiger partial charge in [-0.15, -0.1) is 0 Å². The monoisotopic (exact) mass is 770 g/mol. The van der Waals surface area contributed by atoms with Crippen molar-refractivity contribution in [1.82, 2.24) is 0 Å². The van der Waals surface area contributed by atoms with E-state index in [1.807, 2.05) is 97.1 Å². The van der Waals surface area contributed by atoms with Gasteiger partial charge in [-0.2, -0.15) is 0 Å². The van der Waals surface area contributed by atoms with Gasteiger partial charge in [0.25, 0.3) is 0 Å². The lowest BCUT2D eigenvalue weighted by Crippen LogP contribution is -2.74. The number of benzene rings is 6. The van der Waals surface area contributed by atoms with Crippen molar-refractivity contribution in [2.24, 2.45) is 0 Å². The summed E-state index contributed by atoms with van der Waals surface area (Å²) in [6.07, 6.45) is 0. The van der Waals surface area contributed by atoms with Crippen LogP contribution < -0.4 is 31.1 Å². The van der Waals surface area contributed by atoms with Gasteiger partial charge in [0.2, 0.25) is 16.6 Å². The maximum absolute atomic E-state index is 11.8. The molecule has 0 bridgehead atoms. The fourth-order valence-corrected chi connectivity index (χ4v) is 26.4. The smallest absolute Gasteiger partial charge is 0.350 e. The molecular formula is C42H42O7Si4. The Labute approximate surface area is 314 Å². The van der Waals surface area contributed by atoms with E-state index >= 15 is 0 Å². The summed E-state index contributed by atoms with van der Waals surface area (Å²) >= 11 is 0. The molecular weight excluding hydrogens is 729 g/mol. The second-order valence-electron chi connectivity index (χ2n) is 13.5. The Morgan fingerprint density at radius 1 is 0.358 bits per heavy atom. The van der Waals surface area contributed by atoms with Crippen LogP contribution in [0.15, 0.2) is 170 Å². The van der Waals surface area contributed by atoms with Crippen LogP contribution in [0, 0.1) is 0 Å². The van der Waals surface area contributed by atoms with Gasteiger partial charge in [-0.3, -0.25) is 0 Å². The molecule has 0 saturated carbocycles. The van der Waals surface area contributed by atoms with Gasteiger partial charge >= 0.3 is 29.1 Å². The van der Waals surface area contributed by atoms with Gasteiger partial charge in [-0.1, -0.05) is 146 Å². The fraction of sp³-hybridized carbons (Fsp3) is 0.0952. The lowest BCUT2D eigenvalue weighted by molar-refractivity contribution is 0.0686. The largest absolute Gasteiger partial charge is 0.478 e. The highest BCUT2D eigenvalue weighted by Crippen LogP contribution is 2.26. The molecule has 268 valence electrons. The number of carboxylic acid groups (broad SMARTS) is 2. The molecule has 0 aromatic heterocycles. The molecule has 4 atom stereocenters. The summed E-state index contributed by atoms with van der Waals surface area (Å²) in [7, 11) is -13.2. The van der Waals surface area contributed by atoms with Crippen LogP contribution in [0.1, 0.15) is 20.7 Å². The van der Waals surface area contributed by atoms with Crippen LogP contribution in [0.3, 0.4) is 0 Å². The standard InChI is InChI=1S/C42H42O7Si4/c1-50(35-17-9-5-10-18-35,37-29-25-33(26-30-37)41(43)44)47-52(3,39-21-13-7-14-22-39)49-53(4,40-23-15-8-16-24-40)48-51(2,36-19-11-6-12-20-36)38-31-27-34(28-32-38)42(45)46/h5-32H,1-4H3,(H,43,44)(H,45,46). The maximum Gasteiger partial charge on any atom is 0.350 e. The molecule has 6 aromatic rings. The molecule has 0 amide bonds. The molecule has 0 aliphatic carbocycles. The van der Waals surface area contributed by atoms with Crippen LogP contribution >= 0.6 is 0 Å². The summed E-state index contributed by atoms with van der Waals surface area (Å²) in [5, 5.41) is 25.1. The minimum atomic E-state index is -3.48. The number of rotatable bonds is 14. The van der Waals surface area contributed by atoms with Crippen molar-refractivity contribution in [1.29, 1.82) is 0 Å². The van der Waals surface area contributed by atoms with Crippen molar-refractivity contribution in [3.8, 4) is 0 Å². The summed E-state index contributed by atoms with van der Waals surface area (Å²) < 4.78 is 23.1. The van der Waals surface area contributed by atoms with Crippen LogP contribution in [0.2, 0.25) is 26.2 Å². The summed E-state index contributed by atoms with van der Waals surface area (Å²) in [5.41, 5.74) is 0.410. The molecule has 4 unspecified atom stereocenters. The summed E-state index contributed by atoms with van der Waals surface area (Å²) in [6.45, 7) is 8.46. The van der Waals surface area contributed by atoms with Crippen LogP contribution in [-0.4, -0.2) is 55.9 Å². The first-order chi connectivity index (χ1) is 25.4. The van der Waals surface area contributed by atoms with Gasteiger partial charge in [-0.05, 0) is 81.6 Å². The number of carbonyl (C=O) groups is 2. The lowest BCUT2D eigenvalue weighted by atomic mass is 10.2. The predicted molar refractivity (Wildman–Crippen MR) is 220 cm³/mol. The van der Waals surface area contributed by atoms with Crippen molar-refractivity contribution in [3.63, 3.8) is 0 Å². The maximum atomic E-state index is 11.8. The highest BCUT2D eigenvalue weighted by Gasteiger charge is 2.54. The van der Waals surface area contributed by atoms with E-state index in [0.29, 0.717) is 0 Å². The topological polar surface area (TPSA) is 102 Å². The second kappa shape index (κ2) is 15.5. The van der Waals surface area contributed by atoms with Crippen LogP contribution in [0.5, 0.6) is 0 Å². The third-order valence-electron chi connectivity index (χ3n) is 9.80. The molecule has 11 heteroatoms. The Balaban J connectivity index is 1.54. The molecule has 0 aliphatic rings. The van der Waals surface area contributed by atoms with Crippen molar-refractivity contribution in [2.75, 3.05) is 0 Å². The molecule has 53 heavy (non-hydrogen) atoms. The van der Waals surface area contributed by atoms with Gasteiger partial charge in [0.15, 0.2) is 0 Å². The summed E-state index contributed by atoms with van der Waals surface area (Å²) in [6, 6.07) is 54.4. The Morgan fingerprint density at radius 3 is 0.868 bits per heavy atom. The quantitative estimate of drug-likeness (QED) is 0.148. The molecule has 0 aliphatic heterocycles. The molecule has 6 aromatic carbocycles. The molecule has 7 nitrogen and oxygen atoms in total. The Hall–Kier alpha value is -4.99. The van der Waals surface area contributed by atoms with Crippen molar-refractivity contribution >= 4 is 76.8 Å². The molecule has 2 N–H and O–H groups in total. The minimum absolute atomic E-state index is 0.205. The third kappa shape index (κ3) is 8.01. The molecule has 0 heterocycles. The highest BCUT2D eigenvalue weighted by molar-refractivity contribution is 7.07. The Bertz CT molecular complexity index is 2000. The van der Waals surface area contributed by atoms with Crippen LogP contribution in [-0.2, 0) is 12.3 Å². The second-order valence-corrected chi connectivity index (χ2v) is 27.3. The van der Waals surface area contributed by atoms with Crippen LogP contribution in [0.4, 0.5) is 0 Å². The van der Waals surface area contributed by atoms with Gasteiger partial charge in [0, 0.05) is 0 Å².